The van der Waals surface area contributed by atoms with Gasteiger partial charge in [-0.1, -0.05) is 67.9 Å². The molecule has 1 amide bonds. The van der Waals surface area contributed by atoms with E-state index < -0.39 is 11.2 Å². The van der Waals surface area contributed by atoms with E-state index in [0.717, 1.165) is 29.5 Å². The number of carbonyl (C=O) groups excluding carboxylic acids is 1. The van der Waals surface area contributed by atoms with Crippen LogP contribution in [-0.4, -0.2) is 22.5 Å². The largest absolute Gasteiger partial charge is 0.383 e. The zero-order valence-electron chi connectivity index (χ0n) is 17.2. The third-order valence-electron chi connectivity index (χ3n) is 5.08. The number of nitrogens with one attached hydrogen (secondary N) is 1. The highest BCUT2D eigenvalue weighted by Gasteiger charge is 2.21. The molecule has 3 rings (SSSR count). The Balaban J connectivity index is 1.81. The number of nitrogens with zero attached hydrogens (tertiary/aromatic N) is 2. The topological polar surface area (TPSA) is 101 Å². The Kier molecular flexibility index (Phi) is 6.51. The number of aromatic amines is 1. The van der Waals surface area contributed by atoms with E-state index in [1.165, 1.54) is 16.5 Å². The van der Waals surface area contributed by atoms with Gasteiger partial charge in [0.25, 0.3) is 5.56 Å². The zero-order valence-corrected chi connectivity index (χ0v) is 17.2. The van der Waals surface area contributed by atoms with Crippen LogP contribution in [0.1, 0.15) is 25.3 Å². The first-order chi connectivity index (χ1) is 14.4. The normalized spacial score (nSPS) is 10.7. The van der Waals surface area contributed by atoms with E-state index in [9.17, 15) is 14.4 Å². The van der Waals surface area contributed by atoms with Gasteiger partial charge in [-0.15, -0.1) is 0 Å². The molecule has 3 N–H and O–H groups in total. The van der Waals surface area contributed by atoms with Gasteiger partial charge in [0, 0.05) is 13.6 Å². The van der Waals surface area contributed by atoms with Crippen molar-refractivity contribution in [2.24, 2.45) is 0 Å². The molecule has 0 saturated heterocycles. The maximum atomic E-state index is 12.8. The summed E-state index contributed by atoms with van der Waals surface area (Å²) in [6.45, 7) is 2.38. The number of hydrogen-bond acceptors (Lipinski definition) is 4. The number of nitrogen functional groups attached to an aromatic ring is 1. The molecule has 0 spiro atoms. The van der Waals surface area contributed by atoms with Gasteiger partial charge in [0.2, 0.25) is 5.91 Å². The lowest BCUT2D eigenvalue weighted by Crippen LogP contribution is -2.39. The van der Waals surface area contributed by atoms with Gasteiger partial charge in [0.15, 0.2) is 5.69 Å². The predicted octanol–water partition coefficient (Wildman–Crippen LogP) is 2.79. The van der Waals surface area contributed by atoms with E-state index in [1.54, 1.807) is 0 Å². The van der Waals surface area contributed by atoms with E-state index >= 15 is 0 Å². The fourth-order valence-corrected chi connectivity index (χ4v) is 3.30. The highest BCUT2D eigenvalue weighted by atomic mass is 16.2. The summed E-state index contributed by atoms with van der Waals surface area (Å²) >= 11 is 0. The molecule has 3 aromatic rings. The van der Waals surface area contributed by atoms with Crippen molar-refractivity contribution in [3.8, 4) is 11.1 Å². The van der Waals surface area contributed by atoms with Gasteiger partial charge in [-0.3, -0.25) is 19.1 Å². The molecule has 1 aromatic heterocycles. The molecule has 0 aliphatic carbocycles. The van der Waals surface area contributed by atoms with Gasteiger partial charge in [-0.05, 0) is 23.1 Å². The molecule has 2 aromatic carbocycles. The van der Waals surface area contributed by atoms with Crippen LogP contribution < -0.4 is 21.9 Å². The van der Waals surface area contributed by atoms with Crippen LogP contribution in [0.4, 0.5) is 11.5 Å². The van der Waals surface area contributed by atoms with Gasteiger partial charge in [-0.25, -0.2) is 4.79 Å². The highest BCUT2D eigenvalue weighted by molar-refractivity contribution is 5.96. The van der Waals surface area contributed by atoms with Gasteiger partial charge in [0.1, 0.15) is 5.82 Å². The SMILES string of the molecule is CCCCn1c(N)c(N(C)C(=O)Cc2ccc(-c3ccccc3)cc2)c(=O)[nH]c1=O. The van der Waals surface area contributed by atoms with Crippen molar-refractivity contribution in [1.82, 2.24) is 9.55 Å². The van der Waals surface area contributed by atoms with Gasteiger partial charge in [-0.2, -0.15) is 0 Å². The smallest absolute Gasteiger partial charge is 0.330 e. The lowest BCUT2D eigenvalue weighted by Gasteiger charge is -2.20. The standard InChI is InChI=1S/C23H26N4O3/c1-3-4-14-27-21(24)20(22(29)25-23(27)30)26(2)19(28)15-16-10-12-18(13-11-16)17-8-6-5-7-9-17/h5-13H,3-4,14-15,24H2,1-2H3,(H,25,29,30). The molecule has 0 bridgehead atoms. The number of likely N-dealkylation sites (N-methyl/N-ethyl adjacent to an activating group) is 1. The van der Waals surface area contributed by atoms with Crippen molar-refractivity contribution < 1.29 is 4.79 Å². The van der Waals surface area contributed by atoms with Crippen molar-refractivity contribution in [3.05, 3.63) is 81.0 Å². The number of benzene rings is 2. The van der Waals surface area contributed by atoms with Crippen LogP contribution in [0, 0.1) is 0 Å². The average Bonchev–Trinajstić information content (AvgIpc) is 2.74. The summed E-state index contributed by atoms with van der Waals surface area (Å²) in [7, 11) is 1.50. The summed E-state index contributed by atoms with van der Waals surface area (Å²) in [6, 6.07) is 17.7. The Hall–Kier alpha value is -3.61. The highest BCUT2D eigenvalue weighted by Crippen LogP contribution is 2.21. The molecule has 0 radical (unpaired) electrons. The second-order valence-electron chi connectivity index (χ2n) is 7.19. The maximum absolute atomic E-state index is 12.8. The van der Waals surface area contributed by atoms with Crippen LogP contribution in [0.3, 0.4) is 0 Å². The molecule has 1 heterocycles. The van der Waals surface area contributed by atoms with Crippen LogP contribution in [0.2, 0.25) is 0 Å². The van der Waals surface area contributed by atoms with Crippen molar-refractivity contribution in [1.29, 1.82) is 0 Å². The second-order valence-corrected chi connectivity index (χ2v) is 7.19. The van der Waals surface area contributed by atoms with E-state index in [4.69, 9.17) is 5.73 Å². The monoisotopic (exact) mass is 406 g/mol. The average molecular weight is 406 g/mol. The van der Waals surface area contributed by atoms with E-state index in [0.29, 0.717) is 6.54 Å². The van der Waals surface area contributed by atoms with E-state index in [1.807, 2.05) is 61.5 Å². The third-order valence-corrected chi connectivity index (χ3v) is 5.08. The van der Waals surface area contributed by atoms with Gasteiger partial charge in [0.05, 0.1) is 6.42 Å². The summed E-state index contributed by atoms with van der Waals surface area (Å²) in [5.41, 5.74) is 7.84. The quantitative estimate of drug-likeness (QED) is 0.630. The molecule has 7 nitrogen and oxygen atoms in total. The number of H-pyrrole nitrogens is 1. The number of rotatable bonds is 7. The number of unbranched alkanes of at least 4 members (excludes halogenated alkanes) is 1. The number of amides is 1. The van der Waals surface area contributed by atoms with E-state index in [-0.39, 0.29) is 23.8 Å². The first-order valence-electron chi connectivity index (χ1n) is 9.96. The molecule has 0 aliphatic rings. The van der Waals surface area contributed by atoms with Gasteiger partial charge < -0.3 is 10.6 Å². The Morgan fingerprint density at radius 1 is 1.03 bits per heavy atom. The summed E-state index contributed by atoms with van der Waals surface area (Å²) < 4.78 is 1.30. The molecule has 0 aliphatic heterocycles. The Morgan fingerprint density at radius 3 is 2.30 bits per heavy atom. The van der Waals surface area contributed by atoms with E-state index in [2.05, 4.69) is 4.98 Å². The summed E-state index contributed by atoms with van der Waals surface area (Å²) in [5.74, 6) is -0.284. The minimum absolute atomic E-state index is 0.00314. The van der Waals surface area contributed by atoms with Crippen molar-refractivity contribution in [2.75, 3.05) is 17.7 Å². The minimum Gasteiger partial charge on any atom is -0.383 e. The predicted molar refractivity (Wildman–Crippen MR) is 120 cm³/mol. The van der Waals surface area contributed by atoms with Gasteiger partial charge >= 0.3 is 5.69 Å². The number of carbonyl (C=O) groups is 1. The number of hydrogen-bond donors (Lipinski definition) is 2. The molecule has 0 unspecified atom stereocenters. The zero-order chi connectivity index (χ0) is 21.7. The fraction of sp³-hybridized carbons (Fsp3) is 0.261. The number of aromatic nitrogens is 2. The van der Waals surface area contributed by atoms with Crippen LogP contribution >= 0.6 is 0 Å². The molecular formula is C23H26N4O3. The van der Waals surface area contributed by atoms with Crippen molar-refractivity contribution in [3.63, 3.8) is 0 Å². The summed E-state index contributed by atoms with van der Waals surface area (Å²) in [6.07, 6.45) is 1.72. The molecule has 7 heteroatoms. The Bertz CT molecular complexity index is 1130. The van der Waals surface area contributed by atoms with Crippen LogP contribution in [0.15, 0.2) is 64.2 Å². The Morgan fingerprint density at radius 2 is 1.67 bits per heavy atom. The molecule has 0 atom stereocenters. The molecule has 0 fully saturated rings. The summed E-state index contributed by atoms with van der Waals surface area (Å²) in [4.78, 5) is 40.7. The molecule has 30 heavy (non-hydrogen) atoms. The maximum Gasteiger partial charge on any atom is 0.330 e. The fourth-order valence-electron chi connectivity index (χ4n) is 3.30. The second kappa shape index (κ2) is 9.26. The molecule has 156 valence electrons. The lowest BCUT2D eigenvalue weighted by molar-refractivity contribution is -0.117. The Labute approximate surface area is 174 Å². The first-order valence-corrected chi connectivity index (χ1v) is 9.96. The summed E-state index contributed by atoms with van der Waals surface area (Å²) in [5, 5.41) is 0. The molecular weight excluding hydrogens is 380 g/mol. The van der Waals surface area contributed by atoms with Crippen LogP contribution in [0.25, 0.3) is 11.1 Å². The molecule has 0 saturated carbocycles. The minimum atomic E-state index is -0.666. The van der Waals surface area contributed by atoms with Crippen molar-refractivity contribution in [2.45, 2.75) is 32.7 Å². The number of anilines is 2. The number of nitrogens with two attached hydrogens (primary N) is 1. The first kappa shape index (κ1) is 21.1. The van der Waals surface area contributed by atoms with Crippen LogP contribution in [0.5, 0.6) is 0 Å². The van der Waals surface area contributed by atoms with Crippen LogP contribution in [-0.2, 0) is 17.8 Å². The lowest BCUT2D eigenvalue weighted by atomic mass is 10.0. The third kappa shape index (κ3) is 4.51. The van der Waals surface area contributed by atoms with Crippen molar-refractivity contribution >= 4 is 17.4 Å².